The Morgan fingerprint density at radius 1 is 1.53 bits per heavy atom. The summed E-state index contributed by atoms with van der Waals surface area (Å²) in [6.07, 6.45) is 2.11. The fourth-order valence-corrected chi connectivity index (χ4v) is 2.34. The van der Waals surface area contributed by atoms with Crippen molar-refractivity contribution in [2.75, 3.05) is 19.0 Å². The molecule has 4 heteroatoms. The maximum atomic E-state index is 11.6. The van der Waals surface area contributed by atoms with Crippen molar-refractivity contribution in [3.63, 3.8) is 0 Å². The maximum Gasteiger partial charge on any atom is 0.340 e. The standard InChI is InChI=1S/C11H12BrNO2/c1-15-11(14)9-6-8(12)5-7-3-2-4-13-10(7)9/h5-6,13H,2-4H2,1H3. The summed E-state index contributed by atoms with van der Waals surface area (Å²) in [6.45, 7) is 0.915. The number of carbonyl (C=O) groups excluding carboxylic acids is 1. The van der Waals surface area contributed by atoms with Crippen LogP contribution in [0.15, 0.2) is 16.6 Å². The molecule has 1 N–H and O–H groups in total. The SMILES string of the molecule is COC(=O)c1cc(Br)cc2c1NCCC2. The number of aryl methyl sites for hydroxylation is 1. The predicted molar refractivity (Wildman–Crippen MR) is 62.3 cm³/mol. The smallest absolute Gasteiger partial charge is 0.340 e. The van der Waals surface area contributed by atoms with Crippen molar-refractivity contribution in [2.24, 2.45) is 0 Å². The van der Waals surface area contributed by atoms with Crippen molar-refractivity contribution in [1.82, 2.24) is 0 Å². The Bertz CT molecular complexity index is 404. The number of ether oxygens (including phenoxy) is 1. The van der Waals surface area contributed by atoms with Crippen LogP contribution in [0.25, 0.3) is 0 Å². The Kier molecular flexibility index (Phi) is 2.95. The van der Waals surface area contributed by atoms with Crippen LogP contribution in [0, 0.1) is 0 Å². The van der Waals surface area contributed by atoms with E-state index in [0.29, 0.717) is 5.56 Å². The average Bonchev–Trinajstić information content (AvgIpc) is 2.26. The third-order valence-corrected chi connectivity index (χ3v) is 2.97. The van der Waals surface area contributed by atoms with Crippen molar-refractivity contribution in [3.8, 4) is 0 Å². The van der Waals surface area contributed by atoms with Crippen LogP contribution in [-0.4, -0.2) is 19.6 Å². The second-order valence-electron chi connectivity index (χ2n) is 3.51. The lowest BCUT2D eigenvalue weighted by Gasteiger charge is -2.20. The van der Waals surface area contributed by atoms with Crippen molar-refractivity contribution < 1.29 is 9.53 Å². The van der Waals surface area contributed by atoms with Gasteiger partial charge in [0, 0.05) is 11.0 Å². The molecule has 0 fully saturated rings. The summed E-state index contributed by atoms with van der Waals surface area (Å²) in [7, 11) is 1.40. The minimum atomic E-state index is -0.290. The van der Waals surface area contributed by atoms with Gasteiger partial charge in [0.25, 0.3) is 0 Å². The Balaban J connectivity index is 2.52. The number of hydrogen-bond donors (Lipinski definition) is 1. The number of esters is 1. The van der Waals surface area contributed by atoms with Crippen LogP contribution >= 0.6 is 15.9 Å². The molecule has 0 atom stereocenters. The van der Waals surface area contributed by atoms with Gasteiger partial charge in [-0.1, -0.05) is 15.9 Å². The topological polar surface area (TPSA) is 38.3 Å². The molecule has 1 aromatic rings. The highest BCUT2D eigenvalue weighted by Gasteiger charge is 2.18. The minimum Gasteiger partial charge on any atom is -0.465 e. The number of benzene rings is 1. The second-order valence-corrected chi connectivity index (χ2v) is 4.43. The van der Waals surface area contributed by atoms with Gasteiger partial charge in [-0.2, -0.15) is 0 Å². The molecular formula is C11H12BrNO2. The fraction of sp³-hybridized carbons (Fsp3) is 0.364. The van der Waals surface area contributed by atoms with E-state index in [-0.39, 0.29) is 5.97 Å². The van der Waals surface area contributed by atoms with Crippen molar-refractivity contribution in [3.05, 3.63) is 27.7 Å². The summed E-state index contributed by atoms with van der Waals surface area (Å²) in [5.41, 5.74) is 2.72. The number of carbonyl (C=O) groups is 1. The van der Waals surface area contributed by atoms with Gasteiger partial charge in [0.05, 0.1) is 18.4 Å². The van der Waals surface area contributed by atoms with Gasteiger partial charge in [-0.25, -0.2) is 4.79 Å². The zero-order chi connectivity index (χ0) is 10.8. The lowest BCUT2D eigenvalue weighted by atomic mass is 9.99. The van der Waals surface area contributed by atoms with E-state index in [1.54, 1.807) is 6.07 Å². The number of hydrogen-bond acceptors (Lipinski definition) is 3. The number of nitrogens with one attached hydrogen (secondary N) is 1. The van der Waals surface area contributed by atoms with Crippen LogP contribution in [0.3, 0.4) is 0 Å². The average molecular weight is 270 g/mol. The van der Waals surface area contributed by atoms with Gasteiger partial charge < -0.3 is 10.1 Å². The molecule has 3 nitrogen and oxygen atoms in total. The molecule has 1 aliphatic rings. The Morgan fingerprint density at radius 3 is 3.07 bits per heavy atom. The molecule has 0 saturated heterocycles. The normalized spacial score (nSPS) is 14.0. The molecule has 0 spiro atoms. The summed E-state index contributed by atoms with van der Waals surface area (Å²) in [4.78, 5) is 11.6. The summed E-state index contributed by atoms with van der Waals surface area (Å²) < 4.78 is 5.68. The zero-order valence-corrected chi connectivity index (χ0v) is 10.1. The second kappa shape index (κ2) is 4.23. The number of methoxy groups -OCH3 is 1. The summed E-state index contributed by atoms with van der Waals surface area (Å²) >= 11 is 3.40. The molecule has 15 heavy (non-hydrogen) atoms. The van der Waals surface area contributed by atoms with Gasteiger partial charge in [-0.05, 0) is 30.5 Å². The quantitative estimate of drug-likeness (QED) is 0.797. The number of fused-ring (bicyclic) bond motifs is 1. The van der Waals surface area contributed by atoms with Crippen LogP contribution in [0.5, 0.6) is 0 Å². The van der Waals surface area contributed by atoms with Crippen molar-refractivity contribution in [2.45, 2.75) is 12.8 Å². The highest BCUT2D eigenvalue weighted by Crippen LogP contribution is 2.30. The van der Waals surface area contributed by atoms with Gasteiger partial charge in [-0.15, -0.1) is 0 Å². The van der Waals surface area contributed by atoms with E-state index in [1.807, 2.05) is 6.07 Å². The van der Waals surface area contributed by atoms with Crippen molar-refractivity contribution >= 4 is 27.6 Å². The Morgan fingerprint density at radius 2 is 2.33 bits per heavy atom. The molecule has 0 bridgehead atoms. The number of anilines is 1. The number of rotatable bonds is 1. The first-order valence-electron chi connectivity index (χ1n) is 4.87. The maximum absolute atomic E-state index is 11.6. The van der Waals surface area contributed by atoms with Crippen LogP contribution in [0.1, 0.15) is 22.3 Å². The van der Waals surface area contributed by atoms with Crippen LogP contribution < -0.4 is 5.32 Å². The van der Waals surface area contributed by atoms with E-state index in [0.717, 1.165) is 29.5 Å². The predicted octanol–water partition coefficient (Wildman–Crippen LogP) is 2.59. The van der Waals surface area contributed by atoms with Crippen molar-refractivity contribution in [1.29, 1.82) is 0 Å². The first-order chi connectivity index (χ1) is 7.22. The highest BCUT2D eigenvalue weighted by atomic mass is 79.9. The third kappa shape index (κ3) is 2.00. The minimum absolute atomic E-state index is 0.290. The molecule has 1 aromatic carbocycles. The molecular weight excluding hydrogens is 258 g/mol. The number of halogens is 1. The first kappa shape index (κ1) is 10.5. The molecule has 0 radical (unpaired) electrons. The molecule has 0 unspecified atom stereocenters. The van der Waals surface area contributed by atoms with Crippen LogP contribution in [-0.2, 0) is 11.2 Å². The molecule has 0 aromatic heterocycles. The van der Waals surface area contributed by atoms with E-state index in [4.69, 9.17) is 4.74 Å². The lowest BCUT2D eigenvalue weighted by Crippen LogP contribution is -2.16. The van der Waals surface area contributed by atoms with E-state index in [2.05, 4.69) is 21.2 Å². The van der Waals surface area contributed by atoms with Gasteiger partial charge in [0.1, 0.15) is 0 Å². The fourth-order valence-electron chi connectivity index (χ4n) is 1.83. The van der Waals surface area contributed by atoms with Crippen LogP contribution in [0.2, 0.25) is 0 Å². The van der Waals surface area contributed by atoms with Gasteiger partial charge in [-0.3, -0.25) is 0 Å². The van der Waals surface area contributed by atoms with Gasteiger partial charge >= 0.3 is 5.97 Å². The van der Waals surface area contributed by atoms with E-state index in [9.17, 15) is 4.79 Å². The molecule has 0 saturated carbocycles. The van der Waals surface area contributed by atoms with E-state index in [1.165, 1.54) is 12.7 Å². The highest BCUT2D eigenvalue weighted by molar-refractivity contribution is 9.10. The molecule has 80 valence electrons. The largest absolute Gasteiger partial charge is 0.465 e. The van der Waals surface area contributed by atoms with Crippen LogP contribution in [0.4, 0.5) is 5.69 Å². The van der Waals surface area contributed by atoms with Gasteiger partial charge in [0.15, 0.2) is 0 Å². The molecule has 1 aliphatic heterocycles. The first-order valence-corrected chi connectivity index (χ1v) is 5.66. The third-order valence-electron chi connectivity index (χ3n) is 2.51. The Labute approximate surface area is 96.9 Å². The lowest BCUT2D eigenvalue weighted by molar-refractivity contribution is 0.0601. The van der Waals surface area contributed by atoms with Gasteiger partial charge in [0.2, 0.25) is 0 Å². The molecule has 0 aliphatic carbocycles. The molecule has 2 rings (SSSR count). The van der Waals surface area contributed by atoms with E-state index < -0.39 is 0 Å². The summed E-state index contributed by atoms with van der Waals surface area (Å²) in [5, 5.41) is 3.25. The van der Waals surface area contributed by atoms with E-state index >= 15 is 0 Å². The summed E-state index contributed by atoms with van der Waals surface area (Å²) in [5.74, 6) is -0.290. The monoisotopic (exact) mass is 269 g/mol. The molecule has 0 amide bonds. The Hall–Kier alpha value is -1.03. The summed E-state index contributed by atoms with van der Waals surface area (Å²) in [6, 6.07) is 3.84. The molecule has 1 heterocycles. The zero-order valence-electron chi connectivity index (χ0n) is 8.47.